The molecule has 1 saturated heterocycles. The molecule has 0 aliphatic carbocycles. The molecule has 2 aliphatic heterocycles. The zero-order valence-corrected chi connectivity index (χ0v) is 16.8. The second-order valence-corrected chi connectivity index (χ2v) is 8.11. The van der Waals surface area contributed by atoms with Crippen molar-refractivity contribution in [1.82, 2.24) is 4.90 Å². The van der Waals surface area contributed by atoms with Gasteiger partial charge in [-0.3, -0.25) is 9.69 Å². The summed E-state index contributed by atoms with van der Waals surface area (Å²) in [5, 5.41) is 39.6. The van der Waals surface area contributed by atoms with Crippen molar-refractivity contribution in [2.45, 2.75) is 43.7 Å². The first kappa shape index (κ1) is 21.0. The number of carbonyl (C=O) groups is 1. The molecule has 160 valence electrons. The molecule has 4 rings (SSSR count). The van der Waals surface area contributed by atoms with Crippen LogP contribution in [0.1, 0.15) is 27.9 Å². The highest BCUT2D eigenvalue weighted by atomic mass is 16.4. The lowest BCUT2D eigenvalue weighted by Gasteiger charge is -2.43. The number of carbonyl (C=O) groups excluding carboxylic acids is 1. The highest BCUT2D eigenvalue weighted by Gasteiger charge is 2.40. The number of aryl methyl sites for hydroxylation is 1. The van der Waals surface area contributed by atoms with E-state index in [2.05, 4.69) is 6.07 Å². The van der Waals surface area contributed by atoms with Crippen molar-refractivity contribution < 1.29 is 25.2 Å². The number of nitrogens with zero attached hydrogens (tertiary/aromatic N) is 2. The molecule has 0 radical (unpaired) electrons. The Labute approximate surface area is 175 Å². The molecule has 0 aromatic heterocycles. The molecule has 0 saturated carbocycles. The van der Waals surface area contributed by atoms with Crippen molar-refractivity contribution in [1.29, 1.82) is 0 Å². The van der Waals surface area contributed by atoms with Gasteiger partial charge >= 0.3 is 0 Å². The summed E-state index contributed by atoms with van der Waals surface area (Å²) in [5.74, 6) is -0.0335. The van der Waals surface area contributed by atoms with Crippen molar-refractivity contribution in [3.05, 3.63) is 65.2 Å². The largest absolute Gasteiger partial charge is 0.395 e. The van der Waals surface area contributed by atoms with Gasteiger partial charge in [-0.2, -0.15) is 0 Å². The number of rotatable bonds is 4. The summed E-state index contributed by atoms with van der Waals surface area (Å²) in [4.78, 5) is 16.7. The molecule has 4 N–H and O–H groups in total. The van der Waals surface area contributed by atoms with E-state index < -0.39 is 24.4 Å². The minimum Gasteiger partial charge on any atom is -0.395 e. The van der Waals surface area contributed by atoms with E-state index in [1.54, 1.807) is 17.0 Å². The van der Waals surface area contributed by atoms with E-state index in [1.807, 2.05) is 35.2 Å². The molecule has 1 fully saturated rings. The first-order valence-corrected chi connectivity index (χ1v) is 10.4. The average Bonchev–Trinajstić information content (AvgIpc) is 2.77. The molecule has 7 heteroatoms. The Morgan fingerprint density at radius 2 is 1.73 bits per heavy atom. The van der Waals surface area contributed by atoms with Gasteiger partial charge in [0.1, 0.15) is 12.2 Å². The first-order valence-electron chi connectivity index (χ1n) is 10.4. The van der Waals surface area contributed by atoms with Crippen LogP contribution in [0.5, 0.6) is 0 Å². The highest BCUT2D eigenvalue weighted by Crippen LogP contribution is 2.28. The second-order valence-electron chi connectivity index (χ2n) is 8.11. The molecule has 30 heavy (non-hydrogen) atoms. The molecule has 2 aromatic carbocycles. The Balaban J connectivity index is 1.48. The summed E-state index contributed by atoms with van der Waals surface area (Å²) in [6.07, 6.45) is -1.66. The van der Waals surface area contributed by atoms with Crippen LogP contribution in [0.3, 0.4) is 0 Å². The van der Waals surface area contributed by atoms with Crippen LogP contribution in [0.15, 0.2) is 48.5 Å². The van der Waals surface area contributed by atoms with E-state index in [1.165, 1.54) is 5.56 Å². The maximum Gasteiger partial charge on any atom is 0.258 e. The van der Waals surface area contributed by atoms with Crippen molar-refractivity contribution in [3.63, 3.8) is 0 Å². The second kappa shape index (κ2) is 8.83. The summed E-state index contributed by atoms with van der Waals surface area (Å²) >= 11 is 0. The monoisotopic (exact) mass is 412 g/mol. The van der Waals surface area contributed by atoms with Crippen molar-refractivity contribution in [2.75, 3.05) is 24.6 Å². The summed E-state index contributed by atoms with van der Waals surface area (Å²) in [6.45, 7) is 0.902. The Morgan fingerprint density at radius 3 is 2.47 bits per heavy atom. The van der Waals surface area contributed by atoms with Crippen LogP contribution < -0.4 is 4.90 Å². The van der Waals surface area contributed by atoms with Crippen molar-refractivity contribution in [2.24, 2.45) is 0 Å². The lowest BCUT2D eigenvalue weighted by Crippen LogP contribution is -2.62. The van der Waals surface area contributed by atoms with Gasteiger partial charge in [-0.05, 0) is 42.2 Å². The number of amides is 1. The molecule has 2 heterocycles. The molecular formula is C23H28N2O5. The lowest BCUT2D eigenvalue weighted by atomic mass is 9.93. The topological polar surface area (TPSA) is 104 Å². The summed E-state index contributed by atoms with van der Waals surface area (Å²) in [7, 11) is 0. The molecule has 2 aromatic rings. The Hall–Kier alpha value is -2.29. The molecule has 0 spiro atoms. The van der Waals surface area contributed by atoms with E-state index >= 15 is 0 Å². The average molecular weight is 412 g/mol. The van der Waals surface area contributed by atoms with E-state index in [0.717, 1.165) is 24.1 Å². The van der Waals surface area contributed by atoms with Crippen molar-refractivity contribution in [3.8, 4) is 0 Å². The van der Waals surface area contributed by atoms with Crippen LogP contribution in [0, 0.1) is 0 Å². The zero-order chi connectivity index (χ0) is 21.3. The molecular weight excluding hydrogens is 384 g/mol. The number of benzene rings is 2. The number of β-amino-alcohol motifs (C(OH)–C–C–N with tert-alkyl or cyclic N) is 1. The fourth-order valence-electron chi connectivity index (χ4n) is 4.45. The van der Waals surface area contributed by atoms with Crippen LogP contribution in [0.4, 0.5) is 5.69 Å². The third-order valence-electron chi connectivity index (χ3n) is 6.16. The number of hydrogen-bond acceptors (Lipinski definition) is 6. The van der Waals surface area contributed by atoms with Crippen molar-refractivity contribution >= 4 is 11.6 Å². The fraction of sp³-hybridized carbons (Fsp3) is 0.435. The van der Waals surface area contributed by atoms with Gasteiger partial charge in [0, 0.05) is 30.9 Å². The van der Waals surface area contributed by atoms with E-state index in [-0.39, 0.29) is 19.1 Å². The predicted molar refractivity (Wildman–Crippen MR) is 112 cm³/mol. The van der Waals surface area contributed by atoms with Crippen LogP contribution >= 0.6 is 0 Å². The van der Waals surface area contributed by atoms with E-state index in [4.69, 9.17) is 0 Å². The first-order chi connectivity index (χ1) is 14.5. The number of piperidine rings is 1. The number of likely N-dealkylation sites (tertiary alicyclic amines) is 1. The smallest absolute Gasteiger partial charge is 0.258 e. The van der Waals surface area contributed by atoms with Crippen LogP contribution in [0.2, 0.25) is 0 Å². The molecule has 0 bridgehead atoms. The lowest BCUT2D eigenvalue weighted by molar-refractivity contribution is -0.147. The number of aliphatic hydroxyl groups is 4. The highest BCUT2D eigenvalue weighted by molar-refractivity contribution is 6.06. The third kappa shape index (κ3) is 3.99. The molecule has 0 unspecified atom stereocenters. The minimum atomic E-state index is -1.27. The Kier molecular flexibility index (Phi) is 6.17. The Morgan fingerprint density at radius 1 is 1.00 bits per heavy atom. The number of anilines is 1. The van der Waals surface area contributed by atoms with Gasteiger partial charge in [0.15, 0.2) is 0 Å². The predicted octanol–water partition coefficient (Wildman–Crippen LogP) is 0.539. The Bertz CT molecular complexity index is 887. The number of hydrogen-bond donors (Lipinski definition) is 4. The normalized spacial score (nSPS) is 27.0. The van der Waals surface area contributed by atoms with E-state index in [0.29, 0.717) is 18.7 Å². The van der Waals surface area contributed by atoms with Crippen LogP contribution in [-0.4, -0.2) is 75.3 Å². The summed E-state index contributed by atoms with van der Waals surface area (Å²) in [6, 6.07) is 14.6. The van der Waals surface area contributed by atoms with Gasteiger partial charge in [-0.1, -0.05) is 30.3 Å². The van der Waals surface area contributed by atoms with Crippen LogP contribution in [-0.2, 0) is 13.0 Å². The van der Waals surface area contributed by atoms with E-state index in [9.17, 15) is 25.2 Å². The van der Waals surface area contributed by atoms with Gasteiger partial charge < -0.3 is 25.3 Å². The SMILES string of the molecule is O=C(c1ccc(CN2C[C@H](O)[C@@H](O)[C@H](O)[C@@H]2CO)cc1)N1CCCc2ccccc21. The quantitative estimate of drug-likeness (QED) is 0.584. The summed E-state index contributed by atoms with van der Waals surface area (Å²) < 4.78 is 0. The number of aliphatic hydroxyl groups excluding tert-OH is 4. The minimum absolute atomic E-state index is 0.0335. The van der Waals surface area contributed by atoms with Gasteiger partial charge in [0.2, 0.25) is 0 Å². The molecule has 4 atom stereocenters. The maximum absolute atomic E-state index is 13.1. The van der Waals surface area contributed by atoms with Gasteiger partial charge in [0.05, 0.1) is 18.8 Å². The third-order valence-corrected chi connectivity index (χ3v) is 6.16. The standard InChI is InChI=1S/C23H28N2O5/c26-14-19-21(28)22(29)20(27)13-24(19)12-15-7-9-17(10-8-15)23(30)25-11-3-5-16-4-1-2-6-18(16)25/h1-2,4,6-10,19-22,26-29H,3,5,11-14H2/t19-,20-,21+,22+/m0/s1. The fourth-order valence-corrected chi connectivity index (χ4v) is 4.45. The number of para-hydroxylation sites is 1. The zero-order valence-electron chi connectivity index (χ0n) is 16.8. The van der Waals surface area contributed by atoms with Gasteiger partial charge in [-0.25, -0.2) is 0 Å². The molecule has 7 nitrogen and oxygen atoms in total. The van der Waals surface area contributed by atoms with Gasteiger partial charge in [0.25, 0.3) is 5.91 Å². The van der Waals surface area contributed by atoms with Gasteiger partial charge in [-0.15, -0.1) is 0 Å². The molecule has 1 amide bonds. The maximum atomic E-state index is 13.1. The number of fused-ring (bicyclic) bond motifs is 1. The summed E-state index contributed by atoms with van der Waals surface area (Å²) in [5.41, 5.74) is 3.65. The molecule has 2 aliphatic rings. The van der Waals surface area contributed by atoms with Crippen LogP contribution in [0.25, 0.3) is 0 Å².